The summed E-state index contributed by atoms with van der Waals surface area (Å²) in [6, 6.07) is 0. The van der Waals surface area contributed by atoms with Crippen LogP contribution >= 0.6 is 22.9 Å². The zero-order valence-electron chi connectivity index (χ0n) is 7.85. The average Bonchev–Trinajstić information content (AvgIpc) is 2.62. The maximum absolute atomic E-state index is 10.8. The molecule has 15 heavy (non-hydrogen) atoms. The van der Waals surface area contributed by atoms with Gasteiger partial charge in [0.05, 0.1) is 4.88 Å². The van der Waals surface area contributed by atoms with Crippen molar-refractivity contribution in [3.63, 3.8) is 0 Å². The number of aliphatic hydroxyl groups is 2. The molecule has 3 N–H and O–H groups in total. The molecule has 2 atom stereocenters. The fourth-order valence-corrected chi connectivity index (χ4v) is 2.12. The standard InChI is InChI=1S/C8H10ClNO4S/c1-2-8(14,6(12)13)5(11)4-3-10-7(9)15-4/h3,5,11,14H,2H2,1H3,(H,12,13)/t5-,8+/m1/s1. The minimum absolute atomic E-state index is 0.112. The van der Waals surface area contributed by atoms with E-state index in [9.17, 15) is 15.0 Å². The van der Waals surface area contributed by atoms with Crippen molar-refractivity contribution in [1.82, 2.24) is 4.98 Å². The van der Waals surface area contributed by atoms with E-state index in [-0.39, 0.29) is 15.8 Å². The van der Waals surface area contributed by atoms with Gasteiger partial charge in [0.1, 0.15) is 6.10 Å². The Labute approximate surface area is 95.0 Å². The number of carboxylic acids is 1. The molecule has 0 aliphatic heterocycles. The maximum Gasteiger partial charge on any atom is 0.338 e. The van der Waals surface area contributed by atoms with E-state index in [2.05, 4.69) is 4.98 Å². The fourth-order valence-electron chi connectivity index (χ4n) is 1.09. The van der Waals surface area contributed by atoms with Gasteiger partial charge in [0.15, 0.2) is 10.1 Å². The van der Waals surface area contributed by atoms with Crippen LogP contribution in [0.25, 0.3) is 0 Å². The Kier molecular flexibility index (Phi) is 3.67. The largest absolute Gasteiger partial charge is 0.479 e. The third-order valence-corrected chi connectivity index (χ3v) is 3.29. The van der Waals surface area contributed by atoms with Gasteiger partial charge in [-0.05, 0) is 6.42 Å². The lowest BCUT2D eigenvalue weighted by atomic mass is 9.93. The SMILES string of the molecule is CC[C@@](O)(C(=O)O)[C@H](O)c1cnc(Cl)s1. The lowest BCUT2D eigenvalue weighted by molar-refractivity contribution is -0.172. The molecule has 1 aromatic heterocycles. The Balaban J connectivity index is 3.01. The molecule has 0 saturated heterocycles. The number of rotatable bonds is 4. The molecular weight excluding hydrogens is 242 g/mol. The summed E-state index contributed by atoms with van der Waals surface area (Å²) < 4.78 is 0.188. The van der Waals surface area contributed by atoms with Crippen LogP contribution in [0.15, 0.2) is 6.20 Å². The van der Waals surface area contributed by atoms with Gasteiger partial charge in [-0.15, -0.1) is 11.3 Å². The molecule has 0 aliphatic rings. The zero-order valence-corrected chi connectivity index (χ0v) is 9.42. The number of hydrogen-bond donors (Lipinski definition) is 3. The van der Waals surface area contributed by atoms with E-state index >= 15 is 0 Å². The van der Waals surface area contributed by atoms with Crippen molar-refractivity contribution in [1.29, 1.82) is 0 Å². The third kappa shape index (κ3) is 2.28. The Morgan fingerprint density at radius 3 is 2.73 bits per heavy atom. The quantitative estimate of drug-likeness (QED) is 0.744. The molecule has 1 aromatic rings. The fraction of sp³-hybridized carbons (Fsp3) is 0.500. The summed E-state index contributed by atoms with van der Waals surface area (Å²) in [6.45, 7) is 1.47. The van der Waals surface area contributed by atoms with Crippen LogP contribution in [0.1, 0.15) is 24.3 Å². The van der Waals surface area contributed by atoms with Crippen LogP contribution in [0, 0.1) is 0 Å². The molecule has 1 rings (SSSR count). The van der Waals surface area contributed by atoms with Gasteiger partial charge in [0.25, 0.3) is 0 Å². The van der Waals surface area contributed by atoms with Crippen molar-refractivity contribution in [2.75, 3.05) is 0 Å². The van der Waals surface area contributed by atoms with Crippen LogP contribution < -0.4 is 0 Å². The number of aliphatic carboxylic acids is 1. The monoisotopic (exact) mass is 251 g/mol. The predicted octanol–water partition coefficient (Wildman–Crippen LogP) is 1.06. The number of carbonyl (C=O) groups is 1. The molecule has 0 amide bonds. The van der Waals surface area contributed by atoms with E-state index in [1.54, 1.807) is 0 Å². The molecule has 7 heteroatoms. The van der Waals surface area contributed by atoms with E-state index in [1.807, 2.05) is 0 Å². The molecule has 0 saturated carbocycles. The minimum Gasteiger partial charge on any atom is -0.479 e. The smallest absolute Gasteiger partial charge is 0.338 e. The summed E-state index contributed by atoms with van der Waals surface area (Å²) in [7, 11) is 0. The van der Waals surface area contributed by atoms with Gasteiger partial charge in [0, 0.05) is 6.20 Å². The summed E-state index contributed by atoms with van der Waals surface area (Å²) in [5.41, 5.74) is -2.20. The van der Waals surface area contributed by atoms with Crippen LogP contribution in [0.5, 0.6) is 0 Å². The van der Waals surface area contributed by atoms with Crippen molar-refractivity contribution < 1.29 is 20.1 Å². The first-order valence-corrected chi connectivity index (χ1v) is 5.36. The molecule has 0 aliphatic carbocycles. The number of aliphatic hydroxyl groups excluding tert-OH is 1. The van der Waals surface area contributed by atoms with Crippen molar-refractivity contribution in [2.24, 2.45) is 0 Å². The number of carboxylic acid groups (broad SMARTS) is 1. The predicted molar refractivity (Wildman–Crippen MR) is 55.0 cm³/mol. The van der Waals surface area contributed by atoms with Crippen LogP contribution in [-0.4, -0.2) is 31.9 Å². The number of nitrogens with zero attached hydrogens (tertiary/aromatic N) is 1. The number of aromatic nitrogens is 1. The first kappa shape index (κ1) is 12.4. The molecule has 0 spiro atoms. The second kappa shape index (κ2) is 4.44. The molecule has 5 nitrogen and oxygen atoms in total. The van der Waals surface area contributed by atoms with Crippen LogP contribution in [-0.2, 0) is 4.79 Å². The summed E-state index contributed by atoms with van der Waals surface area (Å²) >= 11 is 6.48. The first-order valence-electron chi connectivity index (χ1n) is 4.17. The minimum atomic E-state index is -2.20. The molecule has 0 radical (unpaired) electrons. The summed E-state index contributed by atoms with van der Waals surface area (Å²) in [4.78, 5) is 14.7. The van der Waals surface area contributed by atoms with Crippen molar-refractivity contribution in [3.8, 4) is 0 Å². The zero-order chi connectivity index (χ0) is 11.6. The Bertz CT molecular complexity index is 369. The van der Waals surface area contributed by atoms with Crippen molar-refractivity contribution in [3.05, 3.63) is 15.5 Å². The van der Waals surface area contributed by atoms with E-state index in [1.165, 1.54) is 13.1 Å². The van der Waals surface area contributed by atoms with Crippen LogP contribution in [0.3, 0.4) is 0 Å². The molecular formula is C8H10ClNO4S. The summed E-state index contributed by atoms with van der Waals surface area (Å²) in [6.07, 6.45) is -0.384. The highest BCUT2D eigenvalue weighted by atomic mass is 35.5. The highest BCUT2D eigenvalue weighted by Gasteiger charge is 2.43. The van der Waals surface area contributed by atoms with Gasteiger partial charge in [-0.25, -0.2) is 9.78 Å². The summed E-state index contributed by atoms with van der Waals surface area (Å²) in [5, 5.41) is 28.2. The van der Waals surface area contributed by atoms with E-state index in [4.69, 9.17) is 16.7 Å². The number of halogens is 1. The molecule has 0 unspecified atom stereocenters. The lowest BCUT2D eigenvalue weighted by Gasteiger charge is -2.26. The lowest BCUT2D eigenvalue weighted by Crippen LogP contribution is -2.43. The Morgan fingerprint density at radius 2 is 2.40 bits per heavy atom. The van der Waals surface area contributed by atoms with Crippen molar-refractivity contribution >= 4 is 28.9 Å². The highest BCUT2D eigenvalue weighted by molar-refractivity contribution is 7.15. The van der Waals surface area contributed by atoms with Gasteiger partial charge in [0.2, 0.25) is 0 Å². The van der Waals surface area contributed by atoms with Gasteiger partial charge in [-0.3, -0.25) is 0 Å². The van der Waals surface area contributed by atoms with Gasteiger partial charge >= 0.3 is 5.97 Å². The summed E-state index contributed by atoms with van der Waals surface area (Å²) in [5.74, 6) is -1.47. The first-order chi connectivity index (χ1) is 6.91. The molecule has 1 heterocycles. The Hall–Kier alpha value is -0.690. The third-order valence-electron chi connectivity index (χ3n) is 2.13. The van der Waals surface area contributed by atoms with Gasteiger partial charge < -0.3 is 15.3 Å². The van der Waals surface area contributed by atoms with E-state index < -0.39 is 17.7 Å². The van der Waals surface area contributed by atoms with Gasteiger partial charge in [-0.1, -0.05) is 18.5 Å². The maximum atomic E-state index is 10.8. The van der Waals surface area contributed by atoms with Crippen molar-refractivity contribution in [2.45, 2.75) is 25.0 Å². The normalized spacial score (nSPS) is 17.1. The van der Waals surface area contributed by atoms with E-state index in [0.29, 0.717) is 0 Å². The number of hydrogen-bond acceptors (Lipinski definition) is 5. The average molecular weight is 252 g/mol. The topological polar surface area (TPSA) is 90.7 Å². The Morgan fingerprint density at radius 1 is 1.80 bits per heavy atom. The molecule has 84 valence electrons. The second-order valence-corrected chi connectivity index (χ2v) is 4.65. The number of thiazole rings is 1. The van der Waals surface area contributed by atoms with Crippen LogP contribution in [0.2, 0.25) is 4.47 Å². The van der Waals surface area contributed by atoms with Gasteiger partial charge in [-0.2, -0.15) is 0 Å². The molecule has 0 fully saturated rings. The highest BCUT2D eigenvalue weighted by Crippen LogP contribution is 2.33. The second-order valence-electron chi connectivity index (χ2n) is 3.00. The molecule has 0 aromatic carbocycles. The molecule has 0 bridgehead atoms. The van der Waals surface area contributed by atoms with E-state index in [0.717, 1.165) is 11.3 Å². The van der Waals surface area contributed by atoms with Crippen LogP contribution in [0.4, 0.5) is 0 Å².